The number of carbonyl (C=O) groups excluding carboxylic acids is 1. The average molecular weight is 236 g/mol. The van der Waals surface area contributed by atoms with E-state index in [0.717, 1.165) is 25.9 Å². The first-order chi connectivity index (χ1) is 8.20. The van der Waals surface area contributed by atoms with Gasteiger partial charge in [-0.25, -0.2) is 0 Å². The van der Waals surface area contributed by atoms with E-state index in [9.17, 15) is 4.79 Å². The summed E-state index contributed by atoms with van der Waals surface area (Å²) in [5, 5.41) is 0. The van der Waals surface area contributed by atoms with Crippen molar-refractivity contribution in [1.29, 1.82) is 0 Å². The van der Waals surface area contributed by atoms with E-state index in [0.29, 0.717) is 23.5 Å². The largest absolute Gasteiger partial charge is 0.375 e. The van der Waals surface area contributed by atoms with Crippen LogP contribution in [0.3, 0.4) is 0 Å². The van der Waals surface area contributed by atoms with Crippen LogP contribution in [0.2, 0.25) is 0 Å². The second kappa shape index (κ2) is 4.38. The number of Topliss-reactive ketones (excluding diaryl/α,β-unsaturated/α-hetero) is 1. The number of carbonyl (C=O) groups is 1. The first kappa shape index (κ1) is 11.7. The number of hydrogen-bond acceptors (Lipinski definition) is 2. The van der Waals surface area contributed by atoms with Crippen LogP contribution in [-0.2, 0) is 9.53 Å². The van der Waals surface area contributed by atoms with Crippen molar-refractivity contribution in [2.75, 3.05) is 6.61 Å². The number of ether oxygens (including phenoxy) is 1. The zero-order chi connectivity index (χ0) is 11.9. The van der Waals surface area contributed by atoms with Gasteiger partial charge in [-0.3, -0.25) is 4.79 Å². The fraction of sp³-hybridized carbons (Fsp3) is 0.933. The normalized spacial score (nSPS) is 40.2. The van der Waals surface area contributed by atoms with Crippen molar-refractivity contribution in [2.45, 2.75) is 63.9 Å². The Morgan fingerprint density at radius 1 is 1.24 bits per heavy atom. The third kappa shape index (κ3) is 2.29. The quantitative estimate of drug-likeness (QED) is 0.735. The summed E-state index contributed by atoms with van der Waals surface area (Å²) in [6.45, 7) is 3.02. The number of ketones is 1. The summed E-state index contributed by atoms with van der Waals surface area (Å²) in [7, 11) is 0. The molecule has 1 spiro atoms. The Balaban J connectivity index is 1.64. The average Bonchev–Trinajstić information content (AvgIpc) is 3.06. The molecule has 1 heterocycles. The fourth-order valence-electron chi connectivity index (χ4n) is 3.84. The molecular weight excluding hydrogens is 212 g/mol. The van der Waals surface area contributed by atoms with E-state index < -0.39 is 0 Å². The summed E-state index contributed by atoms with van der Waals surface area (Å²) in [5.41, 5.74) is 0.0922. The molecule has 2 heteroatoms. The summed E-state index contributed by atoms with van der Waals surface area (Å²) < 4.78 is 6.06. The monoisotopic (exact) mass is 236 g/mol. The fourth-order valence-corrected chi connectivity index (χ4v) is 3.84. The molecule has 0 amide bonds. The zero-order valence-corrected chi connectivity index (χ0v) is 10.9. The molecule has 3 fully saturated rings. The first-order valence-electron chi connectivity index (χ1n) is 7.38. The highest BCUT2D eigenvalue weighted by Crippen LogP contribution is 2.46. The Kier molecular flexibility index (Phi) is 3.02. The molecule has 2 aliphatic carbocycles. The van der Waals surface area contributed by atoms with Crippen LogP contribution in [-0.4, -0.2) is 18.0 Å². The number of hydrogen-bond donors (Lipinski definition) is 0. The van der Waals surface area contributed by atoms with Gasteiger partial charge in [0, 0.05) is 18.4 Å². The second-order valence-corrected chi connectivity index (χ2v) is 6.50. The van der Waals surface area contributed by atoms with Gasteiger partial charge >= 0.3 is 0 Å². The maximum Gasteiger partial charge on any atom is 0.139 e. The van der Waals surface area contributed by atoms with Gasteiger partial charge in [-0.1, -0.05) is 26.2 Å². The topological polar surface area (TPSA) is 26.3 Å². The van der Waals surface area contributed by atoms with Crippen LogP contribution in [0.15, 0.2) is 0 Å². The molecule has 17 heavy (non-hydrogen) atoms. The van der Waals surface area contributed by atoms with Gasteiger partial charge in [-0.2, -0.15) is 0 Å². The first-order valence-corrected chi connectivity index (χ1v) is 7.38. The van der Waals surface area contributed by atoms with Crippen LogP contribution in [0, 0.1) is 17.8 Å². The molecule has 0 N–H and O–H groups in total. The highest BCUT2D eigenvalue weighted by atomic mass is 16.5. The minimum absolute atomic E-state index is 0.0922. The van der Waals surface area contributed by atoms with Gasteiger partial charge in [0.05, 0.1) is 5.60 Å². The predicted octanol–water partition coefficient (Wildman–Crippen LogP) is 3.34. The molecule has 96 valence electrons. The lowest BCUT2D eigenvalue weighted by Crippen LogP contribution is -2.43. The predicted molar refractivity (Wildman–Crippen MR) is 66.8 cm³/mol. The molecule has 0 aromatic carbocycles. The van der Waals surface area contributed by atoms with Crippen molar-refractivity contribution in [3.05, 3.63) is 0 Å². The molecule has 1 saturated heterocycles. The lowest BCUT2D eigenvalue weighted by molar-refractivity contribution is -0.144. The Labute approximate surface area is 104 Å². The van der Waals surface area contributed by atoms with Crippen molar-refractivity contribution in [3.63, 3.8) is 0 Å². The smallest absolute Gasteiger partial charge is 0.139 e. The summed E-state index contributed by atoms with van der Waals surface area (Å²) in [4.78, 5) is 12.3. The molecule has 3 unspecified atom stereocenters. The maximum atomic E-state index is 12.3. The summed E-state index contributed by atoms with van der Waals surface area (Å²) in [6.07, 6.45) is 9.46. The molecule has 2 nitrogen and oxygen atoms in total. The zero-order valence-electron chi connectivity index (χ0n) is 10.9. The highest BCUT2D eigenvalue weighted by Gasteiger charge is 2.46. The van der Waals surface area contributed by atoms with Crippen LogP contribution < -0.4 is 0 Å². The van der Waals surface area contributed by atoms with Crippen molar-refractivity contribution < 1.29 is 9.53 Å². The number of rotatable bonds is 2. The van der Waals surface area contributed by atoms with Gasteiger partial charge < -0.3 is 4.74 Å². The molecule has 3 aliphatic rings. The van der Waals surface area contributed by atoms with E-state index in [1.807, 2.05) is 0 Å². The van der Waals surface area contributed by atoms with E-state index in [-0.39, 0.29) is 5.60 Å². The van der Waals surface area contributed by atoms with E-state index in [1.165, 1.54) is 32.1 Å². The SMILES string of the molecule is CC1CC1C(=O)C1CCOC2(CCCCC2)C1. The van der Waals surface area contributed by atoms with Crippen LogP contribution in [0.5, 0.6) is 0 Å². The molecule has 0 bridgehead atoms. The third-order valence-electron chi connectivity index (χ3n) is 5.14. The molecule has 3 rings (SSSR count). The van der Waals surface area contributed by atoms with E-state index >= 15 is 0 Å². The lowest BCUT2D eigenvalue weighted by Gasteiger charge is -2.43. The molecule has 2 saturated carbocycles. The third-order valence-corrected chi connectivity index (χ3v) is 5.14. The molecule has 3 atom stereocenters. The second-order valence-electron chi connectivity index (χ2n) is 6.50. The molecule has 1 aliphatic heterocycles. The standard InChI is InChI=1S/C15H24O2/c1-11-9-13(11)14(16)12-5-8-17-15(10-12)6-3-2-4-7-15/h11-13H,2-10H2,1H3. The van der Waals surface area contributed by atoms with Gasteiger partial charge in [0.1, 0.15) is 5.78 Å². The summed E-state index contributed by atoms with van der Waals surface area (Å²) in [6, 6.07) is 0. The van der Waals surface area contributed by atoms with Gasteiger partial charge in [0.2, 0.25) is 0 Å². The molecular formula is C15H24O2. The van der Waals surface area contributed by atoms with E-state index in [2.05, 4.69) is 6.92 Å². The minimum atomic E-state index is 0.0922. The Bertz CT molecular complexity index is 299. The van der Waals surface area contributed by atoms with Gasteiger partial charge in [-0.05, 0) is 38.0 Å². The van der Waals surface area contributed by atoms with Gasteiger partial charge in [-0.15, -0.1) is 0 Å². The van der Waals surface area contributed by atoms with Crippen molar-refractivity contribution in [3.8, 4) is 0 Å². The van der Waals surface area contributed by atoms with E-state index in [4.69, 9.17) is 4.74 Å². The lowest BCUT2D eigenvalue weighted by atomic mass is 9.74. The van der Waals surface area contributed by atoms with Crippen LogP contribution >= 0.6 is 0 Å². The summed E-state index contributed by atoms with van der Waals surface area (Å²) in [5.74, 6) is 1.94. The molecule has 0 aromatic rings. The summed E-state index contributed by atoms with van der Waals surface area (Å²) >= 11 is 0. The van der Waals surface area contributed by atoms with Gasteiger partial charge in [0.15, 0.2) is 0 Å². The van der Waals surface area contributed by atoms with Crippen LogP contribution in [0.25, 0.3) is 0 Å². The Hall–Kier alpha value is -0.370. The molecule has 0 radical (unpaired) electrons. The van der Waals surface area contributed by atoms with Crippen molar-refractivity contribution >= 4 is 5.78 Å². The van der Waals surface area contributed by atoms with E-state index in [1.54, 1.807) is 0 Å². The maximum absolute atomic E-state index is 12.3. The van der Waals surface area contributed by atoms with Crippen LogP contribution in [0.1, 0.15) is 58.3 Å². The highest BCUT2D eigenvalue weighted by molar-refractivity contribution is 5.86. The Morgan fingerprint density at radius 2 is 1.94 bits per heavy atom. The van der Waals surface area contributed by atoms with Crippen molar-refractivity contribution in [2.24, 2.45) is 17.8 Å². The van der Waals surface area contributed by atoms with Crippen LogP contribution in [0.4, 0.5) is 0 Å². The molecule has 0 aromatic heterocycles. The Morgan fingerprint density at radius 3 is 2.59 bits per heavy atom. The van der Waals surface area contributed by atoms with Gasteiger partial charge in [0.25, 0.3) is 0 Å². The minimum Gasteiger partial charge on any atom is -0.375 e. The van der Waals surface area contributed by atoms with Crippen molar-refractivity contribution in [1.82, 2.24) is 0 Å².